The molecule has 0 radical (unpaired) electrons. The van der Waals surface area contributed by atoms with Crippen molar-refractivity contribution in [3.63, 3.8) is 0 Å². The van der Waals surface area contributed by atoms with Crippen LogP contribution in [0, 0.1) is 6.92 Å². The van der Waals surface area contributed by atoms with Crippen molar-refractivity contribution < 1.29 is 19.4 Å². The highest BCUT2D eigenvalue weighted by Gasteiger charge is 2.35. The Morgan fingerprint density at radius 2 is 1.73 bits per heavy atom. The van der Waals surface area contributed by atoms with Crippen LogP contribution in [0.2, 0.25) is 0 Å². The second-order valence-electron chi connectivity index (χ2n) is 10.9. The van der Waals surface area contributed by atoms with Crippen LogP contribution < -0.4 is 10.1 Å². The third kappa shape index (κ3) is 7.00. The average Bonchev–Trinajstić information content (AvgIpc) is 3.18. The van der Waals surface area contributed by atoms with Crippen molar-refractivity contribution in [3.05, 3.63) is 70.9 Å². The number of amides is 1. The first-order valence-corrected chi connectivity index (χ1v) is 12.7. The van der Waals surface area contributed by atoms with Crippen molar-refractivity contribution in [2.24, 2.45) is 7.05 Å². The van der Waals surface area contributed by atoms with Gasteiger partial charge in [-0.2, -0.15) is 5.10 Å². The van der Waals surface area contributed by atoms with Crippen molar-refractivity contribution in [1.82, 2.24) is 15.1 Å². The number of benzene rings is 2. The molecule has 0 fully saturated rings. The first kappa shape index (κ1) is 28.0. The van der Waals surface area contributed by atoms with Crippen molar-refractivity contribution in [2.45, 2.75) is 78.4 Å². The molecule has 3 aromatic rings. The zero-order valence-corrected chi connectivity index (χ0v) is 23.0. The van der Waals surface area contributed by atoms with E-state index in [9.17, 15) is 14.7 Å². The van der Waals surface area contributed by atoms with E-state index in [0.717, 1.165) is 22.4 Å². The Morgan fingerprint density at radius 1 is 1.05 bits per heavy atom. The molecule has 7 heteroatoms. The molecule has 7 nitrogen and oxygen atoms in total. The number of hydrogen-bond donors (Lipinski definition) is 2. The monoisotopic (exact) mass is 505 g/mol. The van der Waals surface area contributed by atoms with Crippen molar-refractivity contribution >= 4 is 11.9 Å². The lowest BCUT2D eigenvalue weighted by Crippen LogP contribution is -2.41. The predicted octanol–water partition coefficient (Wildman–Crippen LogP) is 5.57. The second-order valence-corrected chi connectivity index (χ2v) is 10.9. The fourth-order valence-electron chi connectivity index (χ4n) is 4.31. The summed E-state index contributed by atoms with van der Waals surface area (Å²) in [6.07, 6.45) is 1.30. The molecule has 1 amide bonds. The van der Waals surface area contributed by atoms with Crippen LogP contribution in [-0.2, 0) is 35.0 Å². The van der Waals surface area contributed by atoms with Crippen molar-refractivity contribution in [3.8, 4) is 17.0 Å². The molecule has 37 heavy (non-hydrogen) atoms. The van der Waals surface area contributed by atoms with Crippen LogP contribution in [0.25, 0.3) is 11.3 Å². The molecule has 0 saturated heterocycles. The fourth-order valence-corrected chi connectivity index (χ4v) is 4.31. The zero-order valence-electron chi connectivity index (χ0n) is 23.0. The lowest BCUT2D eigenvalue weighted by molar-refractivity contribution is -0.154. The van der Waals surface area contributed by atoms with Gasteiger partial charge in [0.1, 0.15) is 5.75 Å². The quantitative estimate of drug-likeness (QED) is 0.376. The molecule has 3 rings (SSSR count). The number of nitrogens with one attached hydrogen (secondary N) is 1. The normalized spacial score (nSPS) is 13.2. The van der Waals surface area contributed by atoms with E-state index < -0.39 is 11.6 Å². The highest BCUT2D eigenvalue weighted by molar-refractivity contribution is 5.79. The summed E-state index contributed by atoms with van der Waals surface area (Å²) >= 11 is 0. The number of ether oxygens (including phenoxy) is 1. The molecule has 2 aromatic carbocycles. The lowest BCUT2D eigenvalue weighted by atomic mass is 9.86. The largest absolute Gasteiger partial charge is 0.478 e. The number of aliphatic carboxylic acids is 1. The number of hydrogen-bond acceptors (Lipinski definition) is 4. The van der Waals surface area contributed by atoms with Crippen LogP contribution >= 0.6 is 0 Å². The van der Waals surface area contributed by atoms with Gasteiger partial charge in [-0.3, -0.25) is 9.48 Å². The van der Waals surface area contributed by atoms with Gasteiger partial charge in [-0.05, 0) is 60.1 Å². The third-order valence-corrected chi connectivity index (χ3v) is 6.56. The first-order chi connectivity index (χ1) is 17.3. The number of carbonyl (C=O) groups is 2. The summed E-state index contributed by atoms with van der Waals surface area (Å²) in [6, 6.07) is 15.9. The molecule has 0 saturated carbocycles. The van der Waals surface area contributed by atoms with E-state index >= 15 is 0 Å². The summed E-state index contributed by atoms with van der Waals surface area (Å²) in [5.41, 5.74) is 4.55. The maximum Gasteiger partial charge on any atom is 0.347 e. The second kappa shape index (κ2) is 11.2. The van der Waals surface area contributed by atoms with Gasteiger partial charge in [-0.15, -0.1) is 0 Å². The number of carboxylic acid groups (broad SMARTS) is 1. The molecule has 1 atom stereocenters. The SMILES string of the molecule is CCCC(C)(Oc1ccc(CNC(=O)Cc2cc(-c3ccc(C(C)(C)C)cc3)n(C)n2)cc1C)C(=O)O. The number of aryl methyl sites for hydroxylation is 2. The highest BCUT2D eigenvalue weighted by Crippen LogP contribution is 2.28. The minimum atomic E-state index is -1.27. The summed E-state index contributed by atoms with van der Waals surface area (Å²) in [4.78, 5) is 24.3. The lowest BCUT2D eigenvalue weighted by Gasteiger charge is -2.27. The highest BCUT2D eigenvalue weighted by atomic mass is 16.5. The van der Waals surface area contributed by atoms with Gasteiger partial charge in [0, 0.05) is 13.6 Å². The number of carboxylic acids is 1. The number of rotatable bonds is 10. The van der Waals surface area contributed by atoms with Crippen LogP contribution in [-0.4, -0.2) is 32.4 Å². The van der Waals surface area contributed by atoms with E-state index in [1.165, 1.54) is 5.56 Å². The molecule has 1 aromatic heterocycles. The summed E-state index contributed by atoms with van der Waals surface area (Å²) in [7, 11) is 1.89. The molecule has 0 aliphatic carbocycles. The summed E-state index contributed by atoms with van der Waals surface area (Å²) in [5, 5.41) is 17.1. The molecule has 1 heterocycles. The van der Waals surface area contributed by atoms with Gasteiger partial charge in [0.2, 0.25) is 11.5 Å². The Morgan fingerprint density at radius 3 is 2.30 bits per heavy atom. The van der Waals surface area contributed by atoms with E-state index in [4.69, 9.17) is 4.74 Å². The standard InChI is InChI=1S/C30H39N3O4/c1-8-15-30(6,28(35)36)37-26-14-9-21(16-20(26)2)19-31-27(34)18-24-17-25(33(7)32-24)22-10-12-23(13-11-22)29(3,4)5/h9-14,16-17H,8,15,18-19H2,1-7H3,(H,31,34)(H,35,36). The topological polar surface area (TPSA) is 93.5 Å². The van der Waals surface area contributed by atoms with Crippen LogP contribution in [0.5, 0.6) is 5.75 Å². The molecular weight excluding hydrogens is 466 g/mol. The van der Waals surface area contributed by atoms with Crippen LogP contribution in [0.4, 0.5) is 0 Å². The summed E-state index contributed by atoms with van der Waals surface area (Å²) in [6.45, 7) is 12.3. The van der Waals surface area contributed by atoms with Gasteiger partial charge < -0.3 is 15.2 Å². The van der Waals surface area contributed by atoms with Crippen LogP contribution in [0.15, 0.2) is 48.5 Å². The molecule has 0 bridgehead atoms. The predicted molar refractivity (Wildman–Crippen MR) is 146 cm³/mol. The Hall–Kier alpha value is -3.61. The van der Waals surface area contributed by atoms with Crippen molar-refractivity contribution in [2.75, 3.05) is 0 Å². The smallest absolute Gasteiger partial charge is 0.347 e. The van der Waals surface area contributed by atoms with Gasteiger partial charge in [-0.1, -0.05) is 70.5 Å². The molecule has 1 unspecified atom stereocenters. The van der Waals surface area contributed by atoms with Crippen LogP contribution in [0.1, 0.15) is 69.8 Å². The first-order valence-electron chi connectivity index (χ1n) is 12.7. The molecule has 198 valence electrons. The number of carbonyl (C=O) groups excluding carboxylic acids is 1. The molecule has 0 spiro atoms. The Bertz CT molecular complexity index is 1250. The van der Waals surface area contributed by atoms with Crippen LogP contribution in [0.3, 0.4) is 0 Å². The average molecular weight is 506 g/mol. The van der Waals surface area contributed by atoms with Crippen molar-refractivity contribution in [1.29, 1.82) is 0 Å². The molecule has 2 N–H and O–H groups in total. The molecular formula is C30H39N3O4. The Labute approximate surface area is 219 Å². The van der Waals surface area contributed by atoms with E-state index in [1.807, 2.05) is 39.1 Å². The van der Waals surface area contributed by atoms with Gasteiger partial charge in [0.05, 0.1) is 17.8 Å². The van der Waals surface area contributed by atoms with Gasteiger partial charge in [0.25, 0.3) is 0 Å². The summed E-state index contributed by atoms with van der Waals surface area (Å²) < 4.78 is 7.68. The van der Waals surface area contributed by atoms with Gasteiger partial charge in [-0.25, -0.2) is 4.79 Å². The molecule has 0 aliphatic rings. The maximum absolute atomic E-state index is 12.6. The third-order valence-electron chi connectivity index (χ3n) is 6.56. The van der Waals surface area contributed by atoms with E-state index in [-0.39, 0.29) is 17.7 Å². The van der Waals surface area contributed by atoms with E-state index in [2.05, 4.69) is 55.5 Å². The Balaban J connectivity index is 1.61. The van der Waals surface area contributed by atoms with Gasteiger partial charge in [0.15, 0.2) is 0 Å². The Kier molecular flexibility index (Phi) is 8.46. The number of nitrogens with zero attached hydrogens (tertiary/aromatic N) is 2. The summed E-state index contributed by atoms with van der Waals surface area (Å²) in [5.74, 6) is -0.568. The van der Waals surface area contributed by atoms with E-state index in [1.54, 1.807) is 17.7 Å². The van der Waals surface area contributed by atoms with Gasteiger partial charge >= 0.3 is 5.97 Å². The molecule has 0 aliphatic heterocycles. The maximum atomic E-state index is 12.6. The van der Waals surface area contributed by atoms with E-state index in [0.29, 0.717) is 30.8 Å². The zero-order chi connectivity index (χ0) is 27.4. The minimum Gasteiger partial charge on any atom is -0.478 e. The number of aromatic nitrogens is 2. The minimum absolute atomic E-state index is 0.0915. The fraction of sp³-hybridized carbons (Fsp3) is 0.433.